The van der Waals surface area contributed by atoms with Gasteiger partial charge in [-0.2, -0.15) is 0 Å². The molecule has 0 aliphatic heterocycles. The highest BCUT2D eigenvalue weighted by molar-refractivity contribution is 9.10. The molecule has 0 saturated carbocycles. The Morgan fingerprint density at radius 1 is 1.47 bits per heavy atom. The summed E-state index contributed by atoms with van der Waals surface area (Å²) >= 11 is 3.36. The molecule has 2 rings (SSSR count). The number of anilines is 1. The van der Waals surface area contributed by atoms with Gasteiger partial charge in [-0.15, -0.1) is 0 Å². The molecular weight excluding hydrogens is 256 g/mol. The van der Waals surface area contributed by atoms with Gasteiger partial charge in [0.1, 0.15) is 4.60 Å². The van der Waals surface area contributed by atoms with Gasteiger partial charge in [-0.3, -0.25) is 0 Å². The second-order valence-electron chi connectivity index (χ2n) is 3.26. The van der Waals surface area contributed by atoms with Crippen molar-refractivity contribution in [2.45, 2.75) is 13.5 Å². The van der Waals surface area contributed by atoms with Gasteiger partial charge in [0, 0.05) is 6.20 Å². The maximum Gasteiger partial charge on any atom is 0.109 e. The van der Waals surface area contributed by atoms with Gasteiger partial charge in [-0.25, -0.2) is 9.97 Å². The molecule has 0 amide bonds. The lowest BCUT2D eigenvalue weighted by Gasteiger charge is -2.05. The van der Waals surface area contributed by atoms with Crippen LogP contribution >= 0.6 is 15.9 Å². The summed E-state index contributed by atoms with van der Waals surface area (Å²) in [5.74, 6) is 0. The highest BCUT2D eigenvalue weighted by atomic mass is 79.9. The van der Waals surface area contributed by atoms with Gasteiger partial charge in [-0.05, 0) is 34.5 Å². The van der Waals surface area contributed by atoms with Gasteiger partial charge in [0.2, 0.25) is 0 Å². The van der Waals surface area contributed by atoms with E-state index in [1.807, 2.05) is 13.0 Å². The van der Waals surface area contributed by atoms with Crippen LogP contribution in [0.2, 0.25) is 0 Å². The van der Waals surface area contributed by atoms with Crippen LogP contribution < -0.4 is 5.32 Å². The lowest BCUT2D eigenvalue weighted by Crippen LogP contribution is -2.00. The van der Waals surface area contributed by atoms with Crippen molar-refractivity contribution >= 4 is 21.6 Å². The van der Waals surface area contributed by atoms with E-state index in [0.29, 0.717) is 0 Å². The first-order valence-corrected chi connectivity index (χ1v) is 5.38. The topological polar surface area (TPSA) is 53.6 Å². The second kappa shape index (κ2) is 4.44. The van der Waals surface area contributed by atoms with E-state index in [2.05, 4.69) is 36.2 Å². The van der Waals surface area contributed by atoms with Crippen LogP contribution in [0.5, 0.6) is 0 Å². The van der Waals surface area contributed by atoms with E-state index >= 15 is 0 Å². The average Bonchev–Trinajstić information content (AvgIpc) is 2.73. The van der Waals surface area contributed by atoms with Crippen molar-refractivity contribution in [2.75, 3.05) is 5.32 Å². The fourth-order valence-electron chi connectivity index (χ4n) is 1.23. The van der Waals surface area contributed by atoms with Crippen LogP contribution in [0.15, 0.2) is 29.4 Å². The number of rotatable bonds is 3. The lowest BCUT2D eigenvalue weighted by molar-refractivity contribution is 1.06. The third-order valence-electron chi connectivity index (χ3n) is 2.05. The number of nitrogens with one attached hydrogen (secondary N) is 2. The quantitative estimate of drug-likeness (QED) is 0.840. The van der Waals surface area contributed by atoms with E-state index < -0.39 is 0 Å². The third kappa shape index (κ3) is 2.56. The number of halogens is 1. The second-order valence-corrected chi connectivity index (χ2v) is 4.01. The van der Waals surface area contributed by atoms with E-state index in [4.69, 9.17) is 0 Å². The zero-order valence-electron chi connectivity index (χ0n) is 8.29. The summed E-state index contributed by atoms with van der Waals surface area (Å²) < 4.78 is 0.884. The number of pyridine rings is 1. The van der Waals surface area contributed by atoms with Crippen LogP contribution in [-0.2, 0) is 6.54 Å². The predicted octanol–water partition coefficient (Wildman–Crippen LogP) is 2.49. The van der Waals surface area contributed by atoms with Crippen molar-refractivity contribution in [3.05, 3.63) is 40.6 Å². The highest BCUT2D eigenvalue weighted by Crippen LogP contribution is 2.16. The Kier molecular flexibility index (Phi) is 3.01. The number of aromatic nitrogens is 3. The van der Waals surface area contributed by atoms with Gasteiger partial charge in [0.25, 0.3) is 0 Å². The minimum Gasteiger partial charge on any atom is -0.378 e. The third-order valence-corrected chi connectivity index (χ3v) is 2.88. The molecule has 2 N–H and O–H groups in total. The molecule has 0 fully saturated rings. The van der Waals surface area contributed by atoms with Crippen LogP contribution in [0.4, 0.5) is 5.69 Å². The summed E-state index contributed by atoms with van der Waals surface area (Å²) in [7, 11) is 0. The minimum atomic E-state index is 0.725. The summed E-state index contributed by atoms with van der Waals surface area (Å²) in [5, 5.41) is 3.26. The number of H-pyrrole nitrogens is 1. The van der Waals surface area contributed by atoms with Gasteiger partial charge < -0.3 is 10.3 Å². The van der Waals surface area contributed by atoms with Crippen molar-refractivity contribution in [3.63, 3.8) is 0 Å². The number of hydrogen-bond donors (Lipinski definition) is 2. The molecule has 2 aromatic rings. The van der Waals surface area contributed by atoms with Gasteiger partial charge in [0.05, 0.1) is 30.5 Å². The monoisotopic (exact) mass is 266 g/mol. The van der Waals surface area contributed by atoms with E-state index in [1.165, 1.54) is 0 Å². The summed E-state index contributed by atoms with van der Waals surface area (Å²) in [5.41, 5.74) is 3.17. The Morgan fingerprint density at radius 2 is 2.33 bits per heavy atom. The SMILES string of the molecule is Cc1cc(NCc2cnc[nH]2)cnc1Br. The summed E-state index contributed by atoms with van der Waals surface area (Å²) in [4.78, 5) is 11.2. The van der Waals surface area contributed by atoms with Crippen molar-refractivity contribution in [2.24, 2.45) is 0 Å². The van der Waals surface area contributed by atoms with Crippen molar-refractivity contribution in [1.29, 1.82) is 0 Å². The standard InChI is InChI=1S/C10H11BrN4/c1-7-2-8(4-14-10(7)11)13-5-9-3-12-6-15-9/h2-4,6,13H,5H2,1H3,(H,12,15). The fourth-order valence-corrected chi connectivity index (χ4v) is 1.45. The molecular formula is C10H11BrN4. The largest absolute Gasteiger partial charge is 0.378 e. The van der Waals surface area contributed by atoms with Crippen LogP contribution in [0.25, 0.3) is 0 Å². The van der Waals surface area contributed by atoms with Crippen LogP contribution in [-0.4, -0.2) is 15.0 Å². The molecule has 2 heterocycles. The smallest absolute Gasteiger partial charge is 0.109 e. The molecule has 15 heavy (non-hydrogen) atoms. The first-order valence-electron chi connectivity index (χ1n) is 4.59. The van der Waals surface area contributed by atoms with E-state index in [0.717, 1.165) is 28.1 Å². The predicted molar refractivity (Wildman–Crippen MR) is 62.6 cm³/mol. The zero-order valence-corrected chi connectivity index (χ0v) is 9.87. The molecule has 4 nitrogen and oxygen atoms in total. The zero-order chi connectivity index (χ0) is 10.7. The number of nitrogens with zero attached hydrogens (tertiary/aromatic N) is 2. The normalized spacial score (nSPS) is 10.3. The summed E-state index contributed by atoms with van der Waals surface area (Å²) in [6, 6.07) is 2.05. The Balaban J connectivity index is 2.02. The van der Waals surface area contributed by atoms with Crippen molar-refractivity contribution < 1.29 is 0 Å². The first-order chi connectivity index (χ1) is 7.25. The van der Waals surface area contributed by atoms with Gasteiger partial charge in [-0.1, -0.05) is 0 Å². The number of aryl methyl sites for hydroxylation is 1. The highest BCUT2D eigenvalue weighted by Gasteiger charge is 1.99. The van der Waals surface area contributed by atoms with Gasteiger partial charge in [0.15, 0.2) is 0 Å². The molecule has 0 aliphatic rings. The molecule has 78 valence electrons. The van der Waals surface area contributed by atoms with E-state index in [-0.39, 0.29) is 0 Å². The molecule has 0 radical (unpaired) electrons. The van der Waals surface area contributed by atoms with Crippen molar-refractivity contribution in [1.82, 2.24) is 15.0 Å². The Hall–Kier alpha value is -1.36. The lowest BCUT2D eigenvalue weighted by atomic mass is 10.3. The minimum absolute atomic E-state index is 0.725. The first kappa shape index (κ1) is 10.2. The molecule has 0 spiro atoms. The summed E-state index contributed by atoms with van der Waals surface area (Å²) in [6.07, 6.45) is 5.27. The Labute approximate surface area is 96.3 Å². The van der Waals surface area contributed by atoms with E-state index in [9.17, 15) is 0 Å². The maximum absolute atomic E-state index is 4.21. The molecule has 0 bridgehead atoms. The molecule has 0 saturated heterocycles. The van der Waals surface area contributed by atoms with Crippen molar-refractivity contribution in [3.8, 4) is 0 Å². The maximum atomic E-state index is 4.21. The summed E-state index contributed by atoms with van der Waals surface area (Å²) in [6.45, 7) is 2.74. The van der Waals surface area contributed by atoms with Crippen LogP contribution in [0.1, 0.15) is 11.3 Å². The molecule has 0 unspecified atom stereocenters. The molecule has 2 aromatic heterocycles. The van der Waals surface area contributed by atoms with E-state index in [1.54, 1.807) is 18.7 Å². The van der Waals surface area contributed by atoms with Crippen LogP contribution in [0.3, 0.4) is 0 Å². The fraction of sp³-hybridized carbons (Fsp3) is 0.200. The number of aromatic amines is 1. The molecule has 0 aromatic carbocycles. The molecule has 0 atom stereocenters. The molecule has 5 heteroatoms. The average molecular weight is 267 g/mol. The Bertz CT molecular complexity index is 439. The number of hydrogen-bond acceptors (Lipinski definition) is 3. The van der Waals surface area contributed by atoms with Crippen LogP contribution in [0, 0.1) is 6.92 Å². The Morgan fingerprint density at radius 3 is 3.00 bits per heavy atom. The van der Waals surface area contributed by atoms with Gasteiger partial charge >= 0.3 is 0 Å². The molecule has 0 aliphatic carbocycles. The number of imidazole rings is 1.